The zero-order chi connectivity index (χ0) is 14.5. The highest BCUT2D eigenvalue weighted by atomic mass is 16.2. The number of hydrogen-bond acceptors (Lipinski definition) is 3. The minimum atomic E-state index is -0.473. The van der Waals surface area contributed by atoms with Crippen molar-refractivity contribution >= 4 is 17.5 Å². The van der Waals surface area contributed by atoms with Crippen LogP contribution < -0.4 is 16.4 Å². The van der Waals surface area contributed by atoms with Crippen LogP contribution in [-0.2, 0) is 4.79 Å². The topological polar surface area (TPSA) is 84.2 Å². The molecule has 1 saturated carbocycles. The van der Waals surface area contributed by atoms with E-state index in [2.05, 4.69) is 10.6 Å². The van der Waals surface area contributed by atoms with Crippen LogP contribution in [0, 0.1) is 0 Å². The van der Waals surface area contributed by atoms with Crippen LogP contribution in [0.2, 0.25) is 0 Å². The van der Waals surface area contributed by atoms with Crippen LogP contribution in [0.25, 0.3) is 0 Å². The van der Waals surface area contributed by atoms with Crippen LogP contribution in [0.3, 0.4) is 0 Å². The molecule has 0 aromatic heterocycles. The van der Waals surface area contributed by atoms with Gasteiger partial charge in [-0.3, -0.25) is 9.59 Å². The molecule has 1 unspecified atom stereocenters. The summed E-state index contributed by atoms with van der Waals surface area (Å²) < 4.78 is 0. The highest BCUT2D eigenvalue weighted by Crippen LogP contribution is 2.18. The predicted octanol–water partition coefficient (Wildman–Crippen LogP) is 1.64. The number of nitrogens with one attached hydrogen (secondary N) is 2. The van der Waals surface area contributed by atoms with Crippen LogP contribution in [-0.4, -0.2) is 23.9 Å². The van der Waals surface area contributed by atoms with Crippen molar-refractivity contribution < 1.29 is 9.59 Å². The molecule has 0 radical (unpaired) electrons. The van der Waals surface area contributed by atoms with Crippen LogP contribution in [0.15, 0.2) is 24.3 Å². The Hall–Kier alpha value is -1.88. The molecule has 1 aromatic rings. The first-order chi connectivity index (χ1) is 9.56. The normalized spacial score (nSPS) is 16.9. The quantitative estimate of drug-likeness (QED) is 0.764. The second-order valence-corrected chi connectivity index (χ2v) is 5.30. The average Bonchev–Trinajstić information content (AvgIpc) is 2.92. The Morgan fingerprint density at radius 2 is 1.80 bits per heavy atom. The number of hydrogen-bond donors (Lipinski definition) is 3. The van der Waals surface area contributed by atoms with Gasteiger partial charge in [0, 0.05) is 17.3 Å². The first kappa shape index (κ1) is 14.5. The van der Waals surface area contributed by atoms with Gasteiger partial charge in [0.1, 0.15) is 0 Å². The van der Waals surface area contributed by atoms with Gasteiger partial charge in [-0.25, -0.2) is 0 Å². The molecule has 1 aromatic carbocycles. The zero-order valence-electron chi connectivity index (χ0n) is 11.7. The van der Waals surface area contributed by atoms with Gasteiger partial charge in [-0.15, -0.1) is 0 Å². The molecule has 0 saturated heterocycles. The van der Waals surface area contributed by atoms with Crippen LogP contribution in [0.5, 0.6) is 0 Å². The van der Waals surface area contributed by atoms with E-state index in [1.54, 1.807) is 24.3 Å². The second-order valence-electron chi connectivity index (χ2n) is 5.30. The Morgan fingerprint density at radius 3 is 2.35 bits per heavy atom. The Labute approximate surface area is 118 Å². The van der Waals surface area contributed by atoms with Crippen molar-refractivity contribution in [3.63, 3.8) is 0 Å². The first-order valence-corrected chi connectivity index (χ1v) is 7.03. The van der Waals surface area contributed by atoms with Crippen LogP contribution in [0.1, 0.15) is 43.0 Å². The van der Waals surface area contributed by atoms with E-state index >= 15 is 0 Å². The van der Waals surface area contributed by atoms with Gasteiger partial charge in [-0.05, 0) is 44.0 Å². The third kappa shape index (κ3) is 3.81. The Bertz CT molecular complexity index is 478. The maximum absolute atomic E-state index is 12.1. The summed E-state index contributed by atoms with van der Waals surface area (Å²) in [7, 11) is 0. The maximum Gasteiger partial charge on any atom is 0.248 e. The summed E-state index contributed by atoms with van der Waals surface area (Å²) in [6, 6.07) is 6.79. The number of carbonyl (C=O) groups is 2. The number of rotatable bonds is 5. The minimum Gasteiger partial charge on any atom is -0.366 e. The Kier molecular flexibility index (Phi) is 4.74. The number of primary amides is 1. The SMILES string of the molecule is CC(NC1CCCC1)C(=O)Nc1ccc(C(N)=O)cc1. The van der Waals surface area contributed by atoms with Crippen molar-refractivity contribution in [3.8, 4) is 0 Å². The van der Waals surface area contributed by atoms with Crippen molar-refractivity contribution in [1.82, 2.24) is 5.32 Å². The van der Waals surface area contributed by atoms with Crippen molar-refractivity contribution in [2.45, 2.75) is 44.7 Å². The highest BCUT2D eigenvalue weighted by molar-refractivity contribution is 5.96. The van der Waals surface area contributed by atoms with E-state index in [9.17, 15) is 9.59 Å². The summed E-state index contributed by atoms with van der Waals surface area (Å²) in [6.45, 7) is 1.87. The molecule has 0 heterocycles. The lowest BCUT2D eigenvalue weighted by Crippen LogP contribution is -2.42. The molecule has 1 aliphatic carbocycles. The van der Waals surface area contributed by atoms with Gasteiger partial charge in [-0.2, -0.15) is 0 Å². The molecule has 0 aliphatic heterocycles. The van der Waals surface area contributed by atoms with Gasteiger partial charge in [-0.1, -0.05) is 12.8 Å². The monoisotopic (exact) mass is 275 g/mol. The van der Waals surface area contributed by atoms with Gasteiger partial charge >= 0.3 is 0 Å². The van der Waals surface area contributed by atoms with Gasteiger partial charge < -0.3 is 16.4 Å². The summed E-state index contributed by atoms with van der Waals surface area (Å²) in [4.78, 5) is 23.0. The highest BCUT2D eigenvalue weighted by Gasteiger charge is 2.20. The molecule has 4 N–H and O–H groups in total. The standard InChI is InChI=1S/C15H21N3O2/c1-10(17-12-4-2-3-5-12)15(20)18-13-8-6-11(7-9-13)14(16)19/h6-10,12,17H,2-5H2,1H3,(H2,16,19)(H,18,20). The number of carbonyl (C=O) groups excluding carboxylic acids is 2. The maximum atomic E-state index is 12.1. The molecule has 20 heavy (non-hydrogen) atoms. The first-order valence-electron chi connectivity index (χ1n) is 7.03. The third-order valence-electron chi connectivity index (χ3n) is 3.67. The van der Waals surface area contributed by atoms with Crippen molar-refractivity contribution in [2.75, 3.05) is 5.32 Å². The Balaban J connectivity index is 1.87. The number of anilines is 1. The fourth-order valence-corrected chi connectivity index (χ4v) is 2.49. The molecule has 1 atom stereocenters. The molecular formula is C15H21N3O2. The summed E-state index contributed by atoms with van der Waals surface area (Å²) in [5.41, 5.74) is 6.27. The van der Waals surface area contributed by atoms with E-state index in [-0.39, 0.29) is 11.9 Å². The molecule has 5 heteroatoms. The smallest absolute Gasteiger partial charge is 0.248 e. The molecular weight excluding hydrogens is 254 g/mol. The van der Waals surface area contributed by atoms with E-state index in [0.29, 0.717) is 17.3 Å². The molecule has 2 amide bonds. The van der Waals surface area contributed by atoms with Crippen molar-refractivity contribution in [3.05, 3.63) is 29.8 Å². The van der Waals surface area contributed by atoms with Crippen LogP contribution >= 0.6 is 0 Å². The molecule has 1 fully saturated rings. The molecule has 108 valence electrons. The average molecular weight is 275 g/mol. The van der Waals surface area contributed by atoms with Crippen molar-refractivity contribution in [2.24, 2.45) is 5.73 Å². The number of amides is 2. The number of nitrogens with two attached hydrogens (primary N) is 1. The molecule has 5 nitrogen and oxygen atoms in total. The van der Waals surface area contributed by atoms with E-state index in [1.165, 1.54) is 12.8 Å². The van der Waals surface area contributed by atoms with Crippen LogP contribution in [0.4, 0.5) is 5.69 Å². The van der Waals surface area contributed by atoms with E-state index in [4.69, 9.17) is 5.73 Å². The summed E-state index contributed by atoms with van der Waals surface area (Å²) >= 11 is 0. The number of benzene rings is 1. The summed E-state index contributed by atoms with van der Waals surface area (Å²) in [5.74, 6) is -0.539. The molecule has 1 aliphatic rings. The fraction of sp³-hybridized carbons (Fsp3) is 0.467. The summed E-state index contributed by atoms with van der Waals surface area (Å²) in [5, 5.41) is 6.17. The van der Waals surface area contributed by atoms with Gasteiger partial charge in [0.15, 0.2) is 0 Å². The van der Waals surface area contributed by atoms with Gasteiger partial charge in [0.2, 0.25) is 11.8 Å². The molecule has 0 spiro atoms. The fourth-order valence-electron chi connectivity index (χ4n) is 2.49. The van der Waals surface area contributed by atoms with Gasteiger partial charge in [0.25, 0.3) is 0 Å². The lowest BCUT2D eigenvalue weighted by atomic mass is 10.2. The van der Waals surface area contributed by atoms with Crippen molar-refractivity contribution in [1.29, 1.82) is 0 Å². The lowest BCUT2D eigenvalue weighted by Gasteiger charge is -2.18. The minimum absolute atomic E-state index is 0.0660. The van der Waals surface area contributed by atoms with Gasteiger partial charge in [0.05, 0.1) is 6.04 Å². The second kappa shape index (κ2) is 6.52. The zero-order valence-corrected chi connectivity index (χ0v) is 11.7. The lowest BCUT2D eigenvalue weighted by molar-refractivity contribution is -0.117. The largest absolute Gasteiger partial charge is 0.366 e. The third-order valence-corrected chi connectivity index (χ3v) is 3.67. The summed E-state index contributed by atoms with van der Waals surface area (Å²) in [6.07, 6.45) is 4.76. The Morgan fingerprint density at radius 1 is 1.20 bits per heavy atom. The predicted molar refractivity (Wildman–Crippen MR) is 78.4 cm³/mol. The van der Waals surface area contributed by atoms with E-state index in [0.717, 1.165) is 12.8 Å². The molecule has 0 bridgehead atoms. The molecule has 2 rings (SSSR count). The van der Waals surface area contributed by atoms with E-state index in [1.807, 2.05) is 6.92 Å². The van der Waals surface area contributed by atoms with E-state index < -0.39 is 5.91 Å².